The Morgan fingerprint density at radius 3 is 2.57 bits per heavy atom. The van der Waals surface area contributed by atoms with Crippen LogP contribution >= 0.6 is 0 Å². The highest BCUT2D eigenvalue weighted by Crippen LogP contribution is 2.31. The number of para-hydroxylation sites is 2. The van der Waals surface area contributed by atoms with Gasteiger partial charge >= 0.3 is 5.97 Å². The van der Waals surface area contributed by atoms with Gasteiger partial charge in [0, 0.05) is 12.1 Å². The quantitative estimate of drug-likeness (QED) is 0.489. The first-order valence-corrected chi connectivity index (χ1v) is 6.92. The molecule has 3 rings (SSSR count). The number of nitro benzene ring substituents is 1. The van der Waals surface area contributed by atoms with Crippen molar-refractivity contribution in [3.8, 4) is 11.5 Å². The molecule has 1 unspecified atom stereocenters. The summed E-state index contributed by atoms with van der Waals surface area (Å²) in [6.07, 6.45) is -0.831. The third-order valence-corrected chi connectivity index (χ3v) is 3.30. The van der Waals surface area contributed by atoms with Crippen LogP contribution in [0.1, 0.15) is 5.56 Å². The molecule has 0 bridgehead atoms. The molecule has 0 fully saturated rings. The van der Waals surface area contributed by atoms with Crippen molar-refractivity contribution in [2.75, 3.05) is 6.61 Å². The van der Waals surface area contributed by atoms with Crippen LogP contribution in [0, 0.1) is 10.1 Å². The van der Waals surface area contributed by atoms with E-state index in [4.69, 9.17) is 14.2 Å². The maximum Gasteiger partial charge on any atom is 0.351 e. The minimum absolute atomic E-state index is 0.0122. The Morgan fingerprint density at radius 1 is 1.17 bits per heavy atom. The van der Waals surface area contributed by atoms with E-state index >= 15 is 0 Å². The molecule has 2 aromatic rings. The first kappa shape index (κ1) is 14.8. The molecule has 0 N–H and O–H groups in total. The lowest BCUT2D eigenvalue weighted by molar-refractivity contribution is -0.384. The molecule has 7 nitrogen and oxygen atoms in total. The number of carbonyl (C=O) groups is 1. The number of non-ortho nitro benzene ring substituents is 1. The second-order valence-electron chi connectivity index (χ2n) is 4.90. The Balaban J connectivity index is 1.57. The Morgan fingerprint density at radius 2 is 1.87 bits per heavy atom. The summed E-state index contributed by atoms with van der Waals surface area (Å²) < 4.78 is 16.2. The predicted molar refractivity (Wildman–Crippen MR) is 79.2 cm³/mol. The van der Waals surface area contributed by atoms with Gasteiger partial charge in [-0.3, -0.25) is 10.1 Å². The third-order valence-electron chi connectivity index (χ3n) is 3.30. The summed E-state index contributed by atoms with van der Waals surface area (Å²) in [6.45, 7) is 0.0917. The molecule has 7 heteroatoms. The van der Waals surface area contributed by atoms with Gasteiger partial charge in [0.1, 0.15) is 13.2 Å². The monoisotopic (exact) mass is 315 g/mol. The van der Waals surface area contributed by atoms with Crippen LogP contribution in [0.25, 0.3) is 0 Å². The molecule has 0 amide bonds. The molecule has 2 aromatic carbocycles. The Kier molecular flexibility index (Phi) is 4.09. The van der Waals surface area contributed by atoms with E-state index in [1.54, 1.807) is 30.3 Å². The maximum atomic E-state index is 12.0. The zero-order valence-corrected chi connectivity index (χ0v) is 12.0. The first-order valence-electron chi connectivity index (χ1n) is 6.92. The molecule has 0 aromatic heterocycles. The van der Waals surface area contributed by atoms with Crippen LogP contribution in [0.4, 0.5) is 5.69 Å². The Bertz CT molecular complexity index is 728. The summed E-state index contributed by atoms with van der Waals surface area (Å²) >= 11 is 0. The zero-order chi connectivity index (χ0) is 16.2. The number of rotatable bonds is 4. The van der Waals surface area contributed by atoms with Crippen LogP contribution < -0.4 is 9.47 Å². The van der Waals surface area contributed by atoms with Crippen molar-refractivity contribution in [3.63, 3.8) is 0 Å². The number of nitro groups is 1. The van der Waals surface area contributed by atoms with Gasteiger partial charge in [-0.1, -0.05) is 12.1 Å². The minimum Gasteiger partial charge on any atom is -0.485 e. The SMILES string of the molecule is O=C(OCc1ccc([N+](=O)[O-])cc1)C1COc2ccccc2O1. The van der Waals surface area contributed by atoms with E-state index in [-0.39, 0.29) is 18.9 Å². The summed E-state index contributed by atoms with van der Waals surface area (Å²) in [6, 6.07) is 12.9. The van der Waals surface area contributed by atoms with Gasteiger partial charge in [-0.25, -0.2) is 4.79 Å². The summed E-state index contributed by atoms with van der Waals surface area (Å²) in [5.41, 5.74) is 0.641. The first-order chi connectivity index (χ1) is 11.1. The maximum absolute atomic E-state index is 12.0. The number of ether oxygens (including phenoxy) is 3. The number of esters is 1. The van der Waals surface area contributed by atoms with Crippen LogP contribution in [-0.4, -0.2) is 23.6 Å². The van der Waals surface area contributed by atoms with Crippen molar-refractivity contribution in [1.29, 1.82) is 0 Å². The molecule has 0 spiro atoms. The standard InChI is InChI=1S/C16H13NO6/c18-16(15-10-21-13-3-1-2-4-14(13)23-15)22-9-11-5-7-12(8-6-11)17(19)20/h1-8,15H,9-10H2. The van der Waals surface area contributed by atoms with Crippen molar-refractivity contribution >= 4 is 11.7 Å². The molecule has 0 saturated carbocycles. The fourth-order valence-electron chi connectivity index (χ4n) is 2.10. The number of hydrogen-bond acceptors (Lipinski definition) is 6. The predicted octanol–water partition coefficient (Wildman–Crippen LogP) is 2.48. The molecule has 1 aliphatic heterocycles. The van der Waals surface area contributed by atoms with E-state index in [9.17, 15) is 14.9 Å². The van der Waals surface area contributed by atoms with Gasteiger partial charge in [-0.15, -0.1) is 0 Å². The number of benzene rings is 2. The lowest BCUT2D eigenvalue weighted by Gasteiger charge is -2.24. The topological polar surface area (TPSA) is 87.9 Å². The van der Waals surface area contributed by atoms with Crippen LogP contribution in [-0.2, 0) is 16.1 Å². The summed E-state index contributed by atoms with van der Waals surface area (Å²) in [5, 5.41) is 10.6. The largest absolute Gasteiger partial charge is 0.485 e. The molecule has 0 aliphatic carbocycles. The molecular formula is C16H13NO6. The van der Waals surface area contributed by atoms with E-state index in [1.165, 1.54) is 12.1 Å². The highest BCUT2D eigenvalue weighted by molar-refractivity contribution is 5.76. The van der Waals surface area contributed by atoms with Gasteiger partial charge in [0.05, 0.1) is 4.92 Å². The number of fused-ring (bicyclic) bond motifs is 1. The highest BCUT2D eigenvalue weighted by atomic mass is 16.6. The van der Waals surface area contributed by atoms with Gasteiger partial charge in [0.25, 0.3) is 5.69 Å². The summed E-state index contributed by atoms with van der Waals surface area (Å²) in [7, 11) is 0. The van der Waals surface area contributed by atoms with Crippen molar-refractivity contribution in [2.24, 2.45) is 0 Å². The molecule has 23 heavy (non-hydrogen) atoms. The van der Waals surface area contributed by atoms with Crippen molar-refractivity contribution in [3.05, 3.63) is 64.2 Å². The molecule has 0 radical (unpaired) electrons. The lowest BCUT2D eigenvalue weighted by atomic mass is 10.2. The third kappa shape index (κ3) is 3.39. The van der Waals surface area contributed by atoms with Crippen LogP contribution in [0.2, 0.25) is 0 Å². The van der Waals surface area contributed by atoms with Gasteiger partial charge in [0.15, 0.2) is 11.5 Å². The van der Waals surface area contributed by atoms with E-state index in [1.807, 2.05) is 6.07 Å². The fraction of sp³-hybridized carbons (Fsp3) is 0.188. The Labute approximate surface area is 131 Å². The van der Waals surface area contributed by atoms with E-state index < -0.39 is 17.0 Å². The summed E-state index contributed by atoms with van der Waals surface area (Å²) in [4.78, 5) is 22.1. The van der Waals surface area contributed by atoms with Gasteiger partial charge in [-0.2, -0.15) is 0 Å². The minimum atomic E-state index is -0.831. The van der Waals surface area contributed by atoms with Crippen molar-refractivity contribution in [2.45, 2.75) is 12.7 Å². The van der Waals surface area contributed by atoms with Gasteiger partial charge in [-0.05, 0) is 29.8 Å². The fourth-order valence-corrected chi connectivity index (χ4v) is 2.10. The van der Waals surface area contributed by atoms with Crippen molar-refractivity contribution < 1.29 is 23.9 Å². The molecule has 1 heterocycles. The van der Waals surface area contributed by atoms with E-state index in [0.29, 0.717) is 17.1 Å². The molecule has 118 valence electrons. The average Bonchev–Trinajstić information content (AvgIpc) is 2.59. The lowest BCUT2D eigenvalue weighted by Crippen LogP contribution is -2.37. The van der Waals surface area contributed by atoms with Crippen LogP contribution in [0.5, 0.6) is 11.5 Å². The normalized spacial score (nSPS) is 15.7. The molecule has 1 atom stereocenters. The Hall–Kier alpha value is -3.09. The molecule has 1 aliphatic rings. The smallest absolute Gasteiger partial charge is 0.351 e. The molecule has 0 saturated heterocycles. The second-order valence-corrected chi connectivity index (χ2v) is 4.90. The van der Waals surface area contributed by atoms with Crippen LogP contribution in [0.3, 0.4) is 0 Å². The number of hydrogen-bond donors (Lipinski definition) is 0. The second kappa shape index (κ2) is 6.35. The van der Waals surface area contributed by atoms with Crippen molar-refractivity contribution in [1.82, 2.24) is 0 Å². The van der Waals surface area contributed by atoms with E-state index in [2.05, 4.69) is 0 Å². The van der Waals surface area contributed by atoms with Gasteiger partial charge < -0.3 is 14.2 Å². The average molecular weight is 315 g/mol. The zero-order valence-electron chi connectivity index (χ0n) is 12.0. The molecular weight excluding hydrogens is 302 g/mol. The van der Waals surface area contributed by atoms with Crippen LogP contribution in [0.15, 0.2) is 48.5 Å². The number of nitrogens with zero attached hydrogens (tertiary/aromatic N) is 1. The van der Waals surface area contributed by atoms with E-state index in [0.717, 1.165) is 0 Å². The summed E-state index contributed by atoms with van der Waals surface area (Å²) in [5.74, 6) is 0.542. The van der Waals surface area contributed by atoms with Gasteiger partial charge in [0.2, 0.25) is 6.10 Å². The number of carbonyl (C=O) groups excluding carboxylic acids is 1. The highest BCUT2D eigenvalue weighted by Gasteiger charge is 2.28.